The average molecular weight is 444 g/mol. The fourth-order valence-corrected chi connectivity index (χ4v) is 4.15. The molecule has 9 nitrogen and oxygen atoms in total. The summed E-state index contributed by atoms with van der Waals surface area (Å²) in [7, 11) is 0. The first kappa shape index (κ1) is 19.2. The van der Waals surface area contributed by atoms with Gasteiger partial charge in [-0.25, -0.2) is 0 Å². The van der Waals surface area contributed by atoms with Gasteiger partial charge in [0, 0.05) is 23.5 Å². The third kappa shape index (κ3) is 2.97. The number of rotatable bonds is 3. The summed E-state index contributed by atoms with van der Waals surface area (Å²) in [5.41, 5.74) is 1.09. The lowest BCUT2D eigenvalue weighted by atomic mass is 9.98. The number of carbonyl (C=O) groups excluding carboxylic acids is 2. The maximum absolute atomic E-state index is 13.2. The highest BCUT2D eigenvalue weighted by Gasteiger charge is 2.48. The van der Waals surface area contributed by atoms with Crippen molar-refractivity contribution in [3.05, 3.63) is 77.6 Å². The minimum atomic E-state index is -0.947. The van der Waals surface area contributed by atoms with Gasteiger partial charge in [-0.3, -0.25) is 19.5 Å². The van der Waals surface area contributed by atoms with Crippen molar-refractivity contribution >= 4 is 23.1 Å². The van der Waals surface area contributed by atoms with Crippen LogP contribution in [0.25, 0.3) is 5.76 Å². The quantitative estimate of drug-likeness (QED) is 0.373. The molecule has 0 bridgehead atoms. The van der Waals surface area contributed by atoms with E-state index in [2.05, 4.69) is 4.98 Å². The van der Waals surface area contributed by atoms with Gasteiger partial charge >= 0.3 is 0 Å². The second kappa shape index (κ2) is 7.27. The predicted octanol–water partition coefficient (Wildman–Crippen LogP) is 3.17. The second-order valence-corrected chi connectivity index (χ2v) is 7.53. The van der Waals surface area contributed by atoms with Gasteiger partial charge in [0.05, 0.1) is 11.3 Å². The molecule has 1 amide bonds. The number of ketones is 1. The summed E-state index contributed by atoms with van der Waals surface area (Å²) in [5.74, 6) is 0.0536. The lowest BCUT2D eigenvalue weighted by Crippen LogP contribution is -2.29. The number of nitrogens with zero attached hydrogens (tertiary/aromatic N) is 2. The summed E-state index contributed by atoms with van der Waals surface area (Å²) in [6, 6.07) is 14.0. The molecule has 1 fully saturated rings. The van der Waals surface area contributed by atoms with Crippen molar-refractivity contribution in [1.29, 1.82) is 0 Å². The number of ether oxygens (including phenoxy) is 4. The number of aliphatic hydroxyl groups excluding tert-OH is 1. The summed E-state index contributed by atoms with van der Waals surface area (Å²) in [6.45, 7) is 0.146. The molecule has 0 radical (unpaired) electrons. The molecule has 1 atom stereocenters. The van der Waals surface area contributed by atoms with Gasteiger partial charge in [-0.2, -0.15) is 0 Å². The molecule has 0 saturated carbocycles. The average Bonchev–Trinajstić information content (AvgIpc) is 3.56. The minimum Gasteiger partial charge on any atom is -0.507 e. The molecule has 33 heavy (non-hydrogen) atoms. The normalized spacial score (nSPS) is 19.9. The number of pyridine rings is 1. The molecule has 4 heterocycles. The number of aliphatic hydroxyl groups is 1. The summed E-state index contributed by atoms with van der Waals surface area (Å²) in [5, 5.41) is 11.2. The van der Waals surface area contributed by atoms with E-state index in [4.69, 9.17) is 18.9 Å². The van der Waals surface area contributed by atoms with E-state index in [1.54, 1.807) is 60.8 Å². The van der Waals surface area contributed by atoms with Crippen molar-refractivity contribution in [2.75, 3.05) is 18.5 Å². The van der Waals surface area contributed by atoms with Gasteiger partial charge < -0.3 is 24.1 Å². The third-order valence-corrected chi connectivity index (χ3v) is 5.69. The van der Waals surface area contributed by atoms with Gasteiger partial charge in [0.2, 0.25) is 13.6 Å². The van der Waals surface area contributed by atoms with E-state index in [9.17, 15) is 14.7 Å². The zero-order valence-corrected chi connectivity index (χ0v) is 17.1. The molecule has 6 rings (SSSR count). The zero-order valence-electron chi connectivity index (χ0n) is 17.1. The zero-order chi connectivity index (χ0) is 22.5. The Hall–Kier alpha value is -4.53. The van der Waals surface area contributed by atoms with Crippen LogP contribution in [0.15, 0.2) is 66.4 Å². The Labute approximate surface area is 187 Å². The van der Waals surface area contributed by atoms with Crippen LogP contribution in [0.4, 0.5) is 5.69 Å². The standard InChI is InChI=1S/C24H16N2O7/c27-22(13-4-6-16-18(9-13)32-11-30-16)20-21(15-3-1-2-8-25-15)26(24(29)23(20)28)14-5-7-17-19(10-14)33-12-31-17/h1-10,21,27H,11-12H2/b22-20+. The maximum Gasteiger partial charge on any atom is 0.300 e. The Morgan fingerprint density at radius 2 is 1.58 bits per heavy atom. The van der Waals surface area contributed by atoms with Crippen molar-refractivity contribution in [3.8, 4) is 23.0 Å². The lowest BCUT2D eigenvalue weighted by molar-refractivity contribution is -0.132. The Morgan fingerprint density at radius 3 is 2.30 bits per heavy atom. The number of hydrogen-bond donors (Lipinski definition) is 1. The molecule has 0 aliphatic carbocycles. The van der Waals surface area contributed by atoms with Gasteiger partial charge in [0.1, 0.15) is 11.8 Å². The lowest BCUT2D eigenvalue weighted by Gasteiger charge is -2.24. The Morgan fingerprint density at radius 1 is 0.879 bits per heavy atom. The van der Waals surface area contributed by atoms with E-state index in [1.165, 1.54) is 4.90 Å². The van der Waals surface area contributed by atoms with Crippen LogP contribution in [0.3, 0.4) is 0 Å². The van der Waals surface area contributed by atoms with Crippen molar-refractivity contribution < 1.29 is 33.6 Å². The summed E-state index contributed by atoms with van der Waals surface area (Å²) < 4.78 is 21.5. The summed E-state index contributed by atoms with van der Waals surface area (Å²) >= 11 is 0. The SMILES string of the molecule is O=C1C(=O)N(c2ccc3c(c2)OCO3)C(c2ccccn2)/C1=C(\O)c1ccc2c(c1)OCO2. The van der Waals surface area contributed by atoms with Crippen molar-refractivity contribution in [2.45, 2.75) is 6.04 Å². The molecule has 3 aromatic rings. The number of Topliss-reactive ketones (excluding diaryl/α,β-unsaturated/α-hetero) is 1. The Balaban J connectivity index is 1.52. The highest BCUT2D eigenvalue weighted by molar-refractivity contribution is 6.51. The summed E-state index contributed by atoms with van der Waals surface area (Å²) in [6.07, 6.45) is 1.57. The van der Waals surface area contributed by atoms with E-state index in [0.29, 0.717) is 39.9 Å². The van der Waals surface area contributed by atoms with Gasteiger partial charge in [-0.15, -0.1) is 0 Å². The molecule has 3 aliphatic rings. The van der Waals surface area contributed by atoms with E-state index >= 15 is 0 Å². The number of benzene rings is 2. The topological polar surface area (TPSA) is 107 Å². The van der Waals surface area contributed by atoms with Crippen molar-refractivity contribution in [2.24, 2.45) is 0 Å². The maximum atomic E-state index is 13.2. The van der Waals surface area contributed by atoms with Crippen molar-refractivity contribution in [1.82, 2.24) is 4.98 Å². The van der Waals surface area contributed by atoms with Gasteiger partial charge in [-0.1, -0.05) is 6.07 Å². The fourth-order valence-electron chi connectivity index (χ4n) is 4.15. The molecule has 0 spiro atoms. The molecule has 2 aromatic carbocycles. The van der Waals surface area contributed by atoms with Gasteiger partial charge in [0.15, 0.2) is 23.0 Å². The third-order valence-electron chi connectivity index (χ3n) is 5.69. The van der Waals surface area contributed by atoms with E-state index < -0.39 is 17.7 Å². The van der Waals surface area contributed by atoms with Crippen LogP contribution in [-0.4, -0.2) is 35.4 Å². The van der Waals surface area contributed by atoms with E-state index in [1.807, 2.05) is 0 Å². The van der Waals surface area contributed by atoms with Gasteiger partial charge in [0.25, 0.3) is 11.7 Å². The Kier molecular flexibility index (Phi) is 4.22. The van der Waals surface area contributed by atoms with Crippen LogP contribution >= 0.6 is 0 Å². The molecule has 1 unspecified atom stereocenters. The number of fused-ring (bicyclic) bond motifs is 2. The molecule has 1 saturated heterocycles. The number of amides is 1. The monoisotopic (exact) mass is 444 g/mol. The molecule has 1 N–H and O–H groups in total. The first-order valence-electron chi connectivity index (χ1n) is 10.1. The van der Waals surface area contributed by atoms with E-state index in [-0.39, 0.29) is 24.9 Å². The smallest absolute Gasteiger partial charge is 0.300 e. The highest BCUT2D eigenvalue weighted by Crippen LogP contribution is 2.45. The minimum absolute atomic E-state index is 0.0714. The molecule has 3 aliphatic heterocycles. The number of hydrogen-bond acceptors (Lipinski definition) is 8. The number of carbonyl (C=O) groups is 2. The number of anilines is 1. The Bertz CT molecular complexity index is 1340. The molecule has 9 heteroatoms. The van der Waals surface area contributed by atoms with Crippen LogP contribution in [0, 0.1) is 0 Å². The molecule has 164 valence electrons. The first-order valence-corrected chi connectivity index (χ1v) is 10.1. The van der Waals surface area contributed by atoms with Crippen LogP contribution in [0.5, 0.6) is 23.0 Å². The highest BCUT2D eigenvalue weighted by atomic mass is 16.7. The van der Waals surface area contributed by atoms with Crippen molar-refractivity contribution in [3.63, 3.8) is 0 Å². The molecule has 1 aromatic heterocycles. The number of aromatic nitrogens is 1. The summed E-state index contributed by atoms with van der Waals surface area (Å²) in [4.78, 5) is 32.1. The molecular weight excluding hydrogens is 428 g/mol. The first-order chi connectivity index (χ1) is 16.1. The second-order valence-electron chi connectivity index (χ2n) is 7.53. The van der Waals surface area contributed by atoms with Crippen LogP contribution < -0.4 is 23.8 Å². The van der Waals surface area contributed by atoms with Crippen LogP contribution in [0.2, 0.25) is 0 Å². The largest absolute Gasteiger partial charge is 0.507 e. The van der Waals surface area contributed by atoms with Crippen LogP contribution in [0.1, 0.15) is 17.3 Å². The predicted molar refractivity (Wildman–Crippen MR) is 114 cm³/mol. The fraction of sp³-hybridized carbons (Fsp3) is 0.125. The van der Waals surface area contributed by atoms with Gasteiger partial charge in [-0.05, 0) is 42.5 Å². The van der Waals surface area contributed by atoms with E-state index in [0.717, 1.165) is 0 Å². The van der Waals surface area contributed by atoms with Crippen LogP contribution in [-0.2, 0) is 9.59 Å². The molecular formula is C24H16N2O7.